The third kappa shape index (κ3) is 8.12. The van der Waals surface area contributed by atoms with E-state index in [0.717, 1.165) is 59.1 Å². The maximum atomic E-state index is 11.1. The lowest BCUT2D eigenvalue weighted by atomic mass is 10.0. The first-order valence-corrected chi connectivity index (χ1v) is 15.5. The largest absolute Gasteiger partial charge is 0.504 e. The Balaban J connectivity index is 1.59. The molecule has 0 radical (unpaired) electrons. The van der Waals surface area contributed by atoms with Crippen LogP contribution in [0, 0.1) is 33.6 Å². The van der Waals surface area contributed by atoms with E-state index < -0.39 is 17.6 Å². The highest BCUT2D eigenvalue weighted by atomic mass is 16.5. The van der Waals surface area contributed by atoms with Crippen molar-refractivity contribution in [2.45, 2.75) is 73.3 Å². The Morgan fingerprint density at radius 3 is 1.75 bits per heavy atom. The standard InChI is InChI=1S/C36H45N3O5/c1-7-9-10-26(8-2)19-43-20-27(40)21-44-31-16-15-30(32(41)33(31)42)36-38-34(28-13-11-22(3)17-24(28)5)37-35(39-36)29-14-12-23(4)18-25(29)6/h11-18,26-27,40-42H,7-10,19-21H2,1-6H3. The molecule has 8 heteroatoms. The molecule has 0 aliphatic rings. The SMILES string of the molecule is CCCCC(CC)COCC(O)COc1ccc(-c2nc(-c3ccc(C)cc3C)nc(-c3ccc(C)cc3C)n2)c(O)c1O. The molecule has 0 amide bonds. The summed E-state index contributed by atoms with van der Waals surface area (Å²) in [5.74, 6) is 0.777. The number of hydrogen-bond donors (Lipinski definition) is 3. The molecular weight excluding hydrogens is 554 g/mol. The van der Waals surface area contributed by atoms with Gasteiger partial charge in [-0.05, 0) is 63.3 Å². The predicted molar refractivity (Wildman–Crippen MR) is 174 cm³/mol. The number of aromatic hydroxyl groups is 2. The lowest BCUT2D eigenvalue weighted by molar-refractivity contribution is -0.00147. The fourth-order valence-electron chi connectivity index (χ4n) is 5.23. The van der Waals surface area contributed by atoms with Gasteiger partial charge in [0, 0.05) is 17.7 Å². The number of aliphatic hydroxyl groups is 1. The van der Waals surface area contributed by atoms with Crippen molar-refractivity contribution in [1.29, 1.82) is 0 Å². The number of phenols is 2. The van der Waals surface area contributed by atoms with E-state index >= 15 is 0 Å². The van der Waals surface area contributed by atoms with Gasteiger partial charge in [0.25, 0.3) is 0 Å². The quantitative estimate of drug-likeness (QED) is 0.128. The summed E-state index contributed by atoms with van der Waals surface area (Å²) in [4.78, 5) is 14.3. The average Bonchev–Trinajstić information content (AvgIpc) is 2.99. The molecule has 4 rings (SSSR count). The summed E-state index contributed by atoms with van der Waals surface area (Å²) in [5.41, 5.74) is 6.21. The molecule has 3 N–H and O–H groups in total. The van der Waals surface area contributed by atoms with Crippen LogP contribution in [0.5, 0.6) is 17.2 Å². The number of benzene rings is 3. The maximum Gasteiger partial charge on any atom is 0.201 e. The van der Waals surface area contributed by atoms with Crippen molar-refractivity contribution < 1.29 is 24.8 Å². The van der Waals surface area contributed by atoms with E-state index in [0.29, 0.717) is 24.2 Å². The molecule has 8 nitrogen and oxygen atoms in total. The van der Waals surface area contributed by atoms with E-state index in [1.807, 2.05) is 52.0 Å². The first-order valence-electron chi connectivity index (χ1n) is 15.5. The van der Waals surface area contributed by atoms with Gasteiger partial charge in [0.15, 0.2) is 29.0 Å². The van der Waals surface area contributed by atoms with Crippen LogP contribution in [0.4, 0.5) is 0 Å². The van der Waals surface area contributed by atoms with Gasteiger partial charge in [-0.2, -0.15) is 0 Å². The molecule has 0 fully saturated rings. The highest BCUT2D eigenvalue weighted by Crippen LogP contribution is 2.42. The molecule has 1 aromatic heterocycles. The number of hydrogen-bond acceptors (Lipinski definition) is 8. The summed E-state index contributed by atoms with van der Waals surface area (Å²) in [7, 11) is 0. The van der Waals surface area contributed by atoms with Crippen molar-refractivity contribution in [1.82, 2.24) is 15.0 Å². The van der Waals surface area contributed by atoms with Crippen LogP contribution in [0.2, 0.25) is 0 Å². The highest BCUT2D eigenvalue weighted by molar-refractivity contribution is 5.75. The molecule has 0 spiro atoms. The van der Waals surface area contributed by atoms with Crippen molar-refractivity contribution in [2.75, 3.05) is 19.8 Å². The van der Waals surface area contributed by atoms with Crippen LogP contribution in [0.15, 0.2) is 48.5 Å². The molecule has 0 aliphatic carbocycles. The molecule has 2 unspecified atom stereocenters. The number of ether oxygens (including phenoxy) is 2. The Bertz CT molecular complexity index is 1500. The second kappa shape index (κ2) is 15.1. The first-order chi connectivity index (χ1) is 21.1. The smallest absolute Gasteiger partial charge is 0.201 e. The van der Waals surface area contributed by atoms with Crippen LogP contribution in [0.25, 0.3) is 34.2 Å². The van der Waals surface area contributed by atoms with E-state index in [2.05, 4.69) is 26.0 Å². The van der Waals surface area contributed by atoms with Crippen LogP contribution in [0.1, 0.15) is 61.8 Å². The molecule has 0 saturated heterocycles. The van der Waals surface area contributed by atoms with Gasteiger partial charge in [-0.15, -0.1) is 0 Å². The molecule has 2 atom stereocenters. The van der Waals surface area contributed by atoms with E-state index in [9.17, 15) is 15.3 Å². The van der Waals surface area contributed by atoms with Crippen LogP contribution < -0.4 is 4.74 Å². The minimum Gasteiger partial charge on any atom is -0.504 e. The number of phenolic OH excluding ortho intramolecular Hbond substituents is 2. The molecule has 44 heavy (non-hydrogen) atoms. The molecule has 0 aliphatic heterocycles. The third-order valence-electron chi connectivity index (χ3n) is 7.87. The molecule has 0 saturated carbocycles. The summed E-state index contributed by atoms with van der Waals surface area (Å²) in [6, 6.07) is 15.2. The molecule has 234 valence electrons. The molecular formula is C36H45N3O5. The number of rotatable bonds is 14. The maximum absolute atomic E-state index is 11.1. The highest BCUT2D eigenvalue weighted by Gasteiger charge is 2.21. The van der Waals surface area contributed by atoms with Crippen molar-refractivity contribution in [2.24, 2.45) is 5.92 Å². The van der Waals surface area contributed by atoms with Crippen molar-refractivity contribution in [3.63, 3.8) is 0 Å². The summed E-state index contributed by atoms with van der Waals surface area (Å²) < 4.78 is 11.4. The fourth-order valence-corrected chi connectivity index (χ4v) is 5.23. The zero-order chi connectivity index (χ0) is 31.8. The lowest BCUT2D eigenvalue weighted by Gasteiger charge is -2.18. The Hall–Kier alpha value is -4.01. The average molecular weight is 600 g/mol. The Morgan fingerprint density at radius 1 is 0.682 bits per heavy atom. The van der Waals surface area contributed by atoms with Crippen LogP contribution in [-0.2, 0) is 4.74 Å². The van der Waals surface area contributed by atoms with E-state index in [-0.39, 0.29) is 30.4 Å². The number of aliphatic hydroxyl groups excluding tert-OH is 1. The minimum absolute atomic E-state index is 0.0398. The molecule has 0 bridgehead atoms. The monoisotopic (exact) mass is 599 g/mol. The normalized spacial score (nSPS) is 12.7. The van der Waals surface area contributed by atoms with E-state index in [4.69, 9.17) is 24.4 Å². The van der Waals surface area contributed by atoms with Crippen LogP contribution in [-0.4, -0.2) is 56.2 Å². The molecule has 3 aromatic carbocycles. The third-order valence-corrected chi connectivity index (χ3v) is 7.87. The van der Waals surface area contributed by atoms with Gasteiger partial charge in [0.05, 0.1) is 12.2 Å². The number of unbranched alkanes of at least 4 members (excludes halogenated alkanes) is 1. The minimum atomic E-state index is -0.885. The van der Waals surface area contributed by atoms with Gasteiger partial charge in [0.2, 0.25) is 5.75 Å². The zero-order valence-corrected chi connectivity index (χ0v) is 26.7. The van der Waals surface area contributed by atoms with Gasteiger partial charge in [-0.25, -0.2) is 15.0 Å². The van der Waals surface area contributed by atoms with Gasteiger partial charge in [-0.1, -0.05) is 80.6 Å². The summed E-state index contributed by atoms with van der Waals surface area (Å²) in [6.07, 6.45) is 3.57. The number of aromatic nitrogens is 3. The van der Waals surface area contributed by atoms with Gasteiger partial charge in [-0.3, -0.25) is 0 Å². The summed E-state index contributed by atoms with van der Waals surface area (Å²) in [5, 5.41) is 32.4. The molecule has 4 aromatic rings. The zero-order valence-electron chi connectivity index (χ0n) is 26.7. The van der Waals surface area contributed by atoms with Crippen molar-refractivity contribution in [3.05, 3.63) is 70.8 Å². The fraction of sp³-hybridized carbons (Fsp3) is 0.417. The Morgan fingerprint density at radius 2 is 1.23 bits per heavy atom. The van der Waals surface area contributed by atoms with Crippen LogP contribution >= 0.6 is 0 Å². The van der Waals surface area contributed by atoms with E-state index in [1.165, 1.54) is 6.07 Å². The molecule has 1 heterocycles. The van der Waals surface area contributed by atoms with Crippen molar-refractivity contribution in [3.8, 4) is 51.4 Å². The Kier molecular flexibility index (Phi) is 11.3. The van der Waals surface area contributed by atoms with Crippen molar-refractivity contribution >= 4 is 0 Å². The number of aryl methyl sites for hydroxylation is 4. The second-order valence-electron chi connectivity index (χ2n) is 11.7. The number of nitrogens with zero attached hydrogens (tertiary/aromatic N) is 3. The van der Waals surface area contributed by atoms with E-state index in [1.54, 1.807) is 6.07 Å². The predicted octanol–water partition coefficient (Wildman–Crippen LogP) is 7.49. The summed E-state index contributed by atoms with van der Waals surface area (Å²) >= 11 is 0. The topological polar surface area (TPSA) is 118 Å². The first kappa shape index (κ1) is 32.9. The van der Waals surface area contributed by atoms with Gasteiger partial charge < -0.3 is 24.8 Å². The Labute approximate surface area is 260 Å². The lowest BCUT2D eigenvalue weighted by Crippen LogP contribution is -2.25. The van der Waals surface area contributed by atoms with Gasteiger partial charge >= 0.3 is 0 Å². The summed E-state index contributed by atoms with van der Waals surface area (Å²) in [6.45, 7) is 13.0. The van der Waals surface area contributed by atoms with Gasteiger partial charge in [0.1, 0.15) is 12.7 Å². The second-order valence-corrected chi connectivity index (χ2v) is 11.7. The van der Waals surface area contributed by atoms with Crippen LogP contribution in [0.3, 0.4) is 0 Å².